The zero-order valence-corrected chi connectivity index (χ0v) is 9.18. The molecule has 1 fully saturated rings. The molecule has 0 radical (unpaired) electrons. The molecule has 1 rings (SSSR count). The van der Waals surface area contributed by atoms with Crippen LogP contribution in [0, 0.1) is 5.92 Å². The van der Waals surface area contributed by atoms with Gasteiger partial charge in [0, 0.05) is 19.2 Å². The summed E-state index contributed by atoms with van der Waals surface area (Å²) in [6.07, 6.45) is 4.25. The van der Waals surface area contributed by atoms with E-state index in [-0.39, 0.29) is 0 Å². The summed E-state index contributed by atoms with van der Waals surface area (Å²) in [5, 5.41) is 3.51. The van der Waals surface area contributed by atoms with E-state index in [1.807, 2.05) is 0 Å². The summed E-state index contributed by atoms with van der Waals surface area (Å²) in [5.74, 6) is 0.658. The Morgan fingerprint density at radius 3 is 2.85 bits per heavy atom. The monoisotopic (exact) mass is 185 g/mol. The van der Waals surface area contributed by atoms with E-state index in [0.717, 1.165) is 13.2 Å². The predicted molar refractivity (Wildman–Crippen MR) is 55.9 cm³/mol. The number of rotatable bonds is 5. The van der Waals surface area contributed by atoms with Gasteiger partial charge in [-0.05, 0) is 18.8 Å². The second-order valence-electron chi connectivity index (χ2n) is 4.48. The molecule has 1 saturated heterocycles. The van der Waals surface area contributed by atoms with Crippen molar-refractivity contribution in [1.82, 2.24) is 5.32 Å². The molecule has 0 aromatic carbocycles. The smallest absolute Gasteiger partial charge is 0.0714 e. The fourth-order valence-electron chi connectivity index (χ4n) is 1.81. The average molecular weight is 185 g/mol. The summed E-state index contributed by atoms with van der Waals surface area (Å²) in [6, 6.07) is 0.710. The number of hydrogen-bond acceptors (Lipinski definition) is 2. The van der Waals surface area contributed by atoms with Crippen LogP contribution in [0.1, 0.15) is 40.0 Å². The summed E-state index contributed by atoms with van der Waals surface area (Å²) in [5.41, 5.74) is 0. The first kappa shape index (κ1) is 11.0. The van der Waals surface area contributed by atoms with Crippen LogP contribution in [0.2, 0.25) is 0 Å². The highest BCUT2D eigenvalue weighted by atomic mass is 16.5. The maximum atomic E-state index is 5.78. The minimum atomic E-state index is 0.471. The Morgan fingerprint density at radius 2 is 2.23 bits per heavy atom. The number of nitrogens with one attached hydrogen (secondary N) is 1. The van der Waals surface area contributed by atoms with Crippen molar-refractivity contribution >= 4 is 0 Å². The zero-order chi connectivity index (χ0) is 9.68. The Balaban J connectivity index is 2.10. The molecule has 0 unspecified atom stereocenters. The van der Waals surface area contributed by atoms with Crippen LogP contribution in [-0.4, -0.2) is 25.3 Å². The molecular weight excluding hydrogens is 162 g/mol. The molecule has 78 valence electrons. The molecule has 2 nitrogen and oxygen atoms in total. The predicted octanol–water partition coefficient (Wildman–Crippen LogP) is 2.19. The molecule has 0 spiro atoms. The molecule has 0 aliphatic carbocycles. The maximum absolute atomic E-state index is 5.78. The van der Waals surface area contributed by atoms with Crippen molar-refractivity contribution in [2.24, 2.45) is 5.92 Å². The van der Waals surface area contributed by atoms with E-state index in [9.17, 15) is 0 Å². The van der Waals surface area contributed by atoms with E-state index >= 15 is 0 Å². The van der Waals surface area contributed by atoms with E-state index in [0.29, 0.717) is 18.1 Å². The Morgan fingerprint density at radius 1 is 1.46 bits per heavy atom. The number of ether oxygens (including phenoxy) is 1. The van der Waals surface area contributed by atoms with Crippen LogP contribution in [0.25, 0.3) is 0 Å². The summed E-state index contributed by atoms with van der Waals surface area (Å²) in [6.45, 7) is 8.60. The van der Waals surface area contributed by atoms with Crippen LogP contribution in [0.5, 0.6) is 0 Å². The van der Waals surface area contributed by atoms with Gasteiger partial charge in [-0.3, -0.25) is 0 Å². The molecule has 1 aliphatic rings. The quantitative estimate of drug-likeness (QED) is 0.709. The van der Waals surface area contributed by atoms with Crippen LogP contribution >= 0.6 is 0 Å². The van der Waals surface area contributed by atoms with Crippen LogP contribution in [0.15, 0.2) is 0 Å². The standard InChI is InChI=1S/C11H23NO/c1-4-5-10-6-11(7-12-10)13-8-9(2)3/h9-12H,4-8H2,1-3H3/t10-,11-/m0/s1. The SMILES string of the molecule is CCC[C@H]1C[C@H](OCC(C)C)CN1. The Labute approximate surface area is 82.0 Å². The van der Waals surface area contributed by atoms with E-state index in [1.165, 1.54) is 19.3 Å². The molecule has 1 aliphatic heterocycles. The lowest BCUT2D eigenvalue weighted by atomic mass is 10.1. The summed E-state index contributed by atoms with van der Waals surface area (Å²) >= 11 is 0. The molecule has 0 aromatic rings. The molecule has 0 saturated carbocycles. The molecule has 1 N–H and O–H groups in total. The third-order valence-corrected chi connectivity index (χ3v) is 2.48. The van der Waals surface area contributed by atoms with Crippen LogP contribution in [0.4, 0.5) is 0 Å². The van der Waals surface area contributed by atoms with Gasteiger partial charge in [-0.15, -0.1) is 0 Å². The Hall–Kier alpha value is -0.0800. The van der Waals surface area contributed by atoms with Gasteiger partial charge >= 0.3 is 0 Å². The van der Waals surface area contributed by atoms with Gasteiger partial charge in [0.1, 0.15) is 0 Å². The first-order valence-corrected chi connectivity index (χ1v) is 5.57. The summed E-state index contributed by atoms with van der Waals surface area (Å²) in [4.78, 5) is 0. The minimum Gasteiger partial charge on any atom is -0.377 e. The Kier molecular flexibility index (Phi) is 4.74. The van der Waals surface area contributed by atoms with E-state index in [4.69, 9.17) is 4.74 Å². The van der Waals surface area contributed by atoms with Crippen molar-refractivity contribution in [3.8, 4) is 0 Å². The van der Waals surface area contributed by atoms with Crippen molar-refractivity contribution in [2.45, 2.75) is 52.2 Å². The van der Waals surface area contributed by atoms with E-state index in [1.54, 1.807) is 0 Å². The lowest BCUT2D eigenvalue weighted by molar-refractivity contribution is 0.0470. The van der Waals surface area contributed by atoms with Gasteiger partial charge in [0.2, 0.25) is 0 Å². The second kappa shape index (κ2) is 5.61. The highest BCUT2D eigenvalue weighted by Gasteiger charge is 2.23. The molecule has 0 bridgehead atoms. The molecule has 1 heterocycles. The first-order valence-electron chi connectivity index (χ1n) is 5.57. The highest BCUT2D eigenvalue weighted by molar-refractivity contribution is 4.81. The van der Waals surface area contributed by atoms with Gasteiger partial charge < -0.3 is 10.1 Å². The average Bonchev–Trinajstić information content (AvgIpc) is 2.50. The first-order chi connectivity index (χ1) is 6.22. The molecule has 13 heavy (non-hydrogen) atoms. The van der Waals surface area contributed by atoms with E-state index in [2.05, 4.69) is 26.1 Å². The maximum Gasteiger partial charge on any atom is 0.0714 e. The summed E-state index contributed by atoms with van der Waals surface area (Å²) in [7, 11) is 0. The fourth-order valence-corrected chi connectivity index (χ4v) is 1.81. The van der Waals surface area contributed by atoms with Gasteiger partial charge in [-0.2, -0.15) is 0 Å². The molecular formula is C11H23NO. The van der Waals surface area contributed by atoms with Crippen molar-refractivity contribution in [3.05, 3.63) is 0 Å². The topological polar surface area (TPSA) is 21.3 Å². The van der Waals surface area contributed by atoms with Gasteiger partial charge in [-0.1, -0.05) is 27.2 Å². The minimum absolute atomic E-state index is 0.471. The van der Waals surface area contributed by atoms with E-state index < -0.39 is 0 Å². The van der Waals surface area contributed by atoms with Gasteiger partial charge in [0.05, 0.1) is 6.10 Å². The van der Waals surface area contributed by atoms with Gasteiger partial charge in [0.25, 0.3) is 0 Å². The lowest BCUT2D eigenvalue weighted by Crippen LogP contribution is -2.21. The molecule has 2 atom stereocenters. The largest absolute Gasteiger partial charge is 0.377 e. The molecule has 0 aromatic heterocycles. The van der Waals surface area contributed by atoms with Crippen molar-refractivity contribution < 1.29 is 4.74 Å². The van der Waals surface area contributed by atoms with Crippen molar-refractivity contribution in [3.63, 3.8) is 0 Å². The molecule has 2 heteroatoms. The van der Waals surface area contributed by atoms with Crippen molar-refractivity contribution in [1.29, 1.82) is 0 Å². The lowest BCUT2D eigenvalue weighted by Gasteiger charge is -2.12. The van der Waals surface area contributed by atoms with Gasteiger partial charge in [0.15, 0.2) is 0 Å². The third-order valence-electron chi connectivity index (χ3n) is 2.48. The van der Waals surface area contributed by atoms with Crippen LogP contribution in [0.3, 0.4) is 0 Å². The number of hydrogen-bond donors (Lipinski definition) is 1. The normalized spacial score (nSPS) is 28.6. The zero-order valence-electron chi connectivity index (χ0n) is 9.18. The van der Waals surface area contributed by atoms with Gasteiger partial charge in [-0.25, -0.2) is 0 Å². The second-order valence-corrected chi connectivity index (χ2v) is 4.48. The van der Waals surface area contributed by atoms with Crippen LogP contribution < -0.4 is 5.32 Å². The third kappa shape index (κ3) is 4.10. The van der Waals surface area contributed by atoms with Crippen LogP contribution in [-0.2, 0) is 4.74 Å². The Bertz CT molecular complexity index is 136. The molecule has 0 amide bonds. The highest BCUT2D eigenvalue weighted by Crippen LogP contribution is 2.15. The van der Waals surface area contributed by atoms with Crippen molar-refractivity contribution in [2.75, 3.05) is 13.2 Å². The summed E-state index contributed by atoms with van der Waals surface area (Å²) < 4.78 is 5.78. The fraction of sp³-hybridized carbons (Fsp3) is 1.00.